The van der Waals surface area contributed by atoms with E-state index >= 15 is 0 Å². The van der Waals surface area contributed by atoms with Crippen LogP contribution in [0.15, 0.2) is 30.5 Å². The lowest BCUT2D eigenvalue weighted by Crippen LogP contribution is -2.06. The molecule has 3 rings (SSSR count). The minimum Gasteiger partial charge on any atom is -0.324 e. The summed E-state index contributed by atoms with van der Waals surface area (Å²) in [6.45, 7) is 1.93. The topological polar surface area (TPSA) is 43.8 Å². The van der Waals surface area contributed by atoms with E-state index in [0.717, 1.165) is 11.3 Å². The number of hydrogen-bond donors (Lipinski definition) is 1. The van der Waals surface area contributed by atoms with Gasteiger partial charge in [0.2, 0.25) is 0 Å². The normalized spacial score (nSPS) is 16.8. The van der Waals surface area contributed by atoms with Crippen molar-refractivity contribution in [3.63, 3.8) is 0 Å². The lowest BCUT2D eigenvalue weighted by molar-refractivity contribution is 0.810. The summed E-state index contributed by atoms with van der Waals surface area (Å²) in [4.78, 5) is 0. The number of hydrogen-bond acceptors (Lipinski definition) is 2. The van der Waals surface area contributed by atoms with Crippen molar-refractivity contribution in [3.05, 3.63) is 46.7 Å². The van der Waals surface area contributed by atoms with Crippen molar-refractivity contribution in [2.24, 2.45) is 5.73 Å². The molecule has 18 heavy (non-hydrogen) atoms. The molecule has 2 aromatic rings. The third-order valence-corrected chi connectivity index (χ3v) is 3.67. The third-order valence-electron chi connectivity index (χ3n) is 3.34. The summed E-state index contributed by atoms with van der Waals surface area (Å²) in [7, 11) is 0. The molecule has 1 saturated carbocycles. The van der Waals surface area contributed by atoms with E-state index in [1.807, 2.05) is 36.0 Å². The number of aromatic nitrogens is 2. The molecule has 2 N–H and O–H groups in total. The van der Waals surface area contributed by atoms with Crippen LogP contribution in [0, 0.1) is 0 Å². The van der Waals surface area contributed by atoms with Crippen LogP contribution in [0.5, 0.6) is 0 Å². The molecule has 1 unspecified atom stereocenters. The van der Waals surface area contributed by atoms with E-state index in [0.29, 0.717) is 10.9 Å². The zero-order valence-electron chi connectivity index (χ0n) is 10.3. The summed E-state index contributed by atoms with van der Waals surface area (Å²) < 4.78 is 1.88. The van der Waals surface area contributed by atoms with Crippen LogP contribution in [0.3, 0.4) is 0 Å². The third kappa shape index (κ3) is 2.16. The first-order chi connectivity index (χ1) is 8.65. The van der Waals surface area contributed by atoms with E-state index in [-0.39, 0.29) is 6.04 Å². The first-order valence-electron chi connectivity index (χ1n) is 6.26. The molecule has 1 heterocycles. The summed E-state index contributed by atoms with van der Waals surface area (Å²) in [5, 5.41) is 5.28. The molecular weight excluding hydrogens is 246 g/mol. The Hall–Kier alpha value is -1.32. The average molecular weight is 262 g/mol. The first kappa shape index (κ1) is 11.8. The minimum atomic E-state index is -0.0498. The van der Waals surface area contributed by atoms with Gasteiger partial charge in [0.25, 0.3) is 0 Å². The van der Waals surface area contributed by atoms with Crippen molar-refractivity contribution in [1.82, 2.24) is 9.78 Å². The second-order valence-electron chi connectivity index (χ2n) is 4.95. The molecule has 1 atom stereocenters. The standard InChI is InChI=1S/C14H16ClN3/c1-9(16)12-5-4-11(8-13(12)15)18-7-6-14(17-18)10-2-3-10/h4-10H,2-3,16H2,1H3. The number of nitrogens with zero attached hydrogens (tertiary/aromatic N) is 2. The highest BCUT2D eigenvalue weighted by Crippen LogP contribution is 2.39. The quantitative estimate of drug-likeness (QED) is 0.920. The number of benzene rings is 1. The van der Waals surface area contributed by atoms with Gasteiger partial charge in [0.05, 0.1) is 11.4 Å². The zero-order chi connectivity index (χ0) is 12.7. The molecule has 4 heteroatoms. The molecule has 94 valence electrons. The fourth-order valence-electron chi connectivity index (χ4n) is 2.11. The van der Waals surface area contributed by atoms with Crippen LogP contribution in [0.1, 0.15) is 43.0 Å². The van der Waals surface area contributed by atoms with Gasteiger partial charge in [-0.3, -0.25) is 0 Å². The molecule has 1 aliphatic carbocycles. The molecule has 1 aliphatic rings. The molecule has 1 aromatic heterocycles. The first-order valence-corrected chi connectivity index (χ1v) is 6.64. The van der Waals surface area contributed by atoms with Crippen LogP contribution in [0.2, 0.25) is 5.02 Å². The van der Waals surface area contributed by atoms with Gasteiger partial charge in [-0.1, -0.05) is 17.7 Å². The van der Waals surface area contributed by atoms with Gasteiger partial charge in [-0.05, 0) is 43.5 Å². The highest BCUT2D eigenvalue weighted by atomic mass is 35.5. The van der Waals surface area contributed by atoms with E-state index in [1.165, 1.54) is 18.5 Å². The largest absolute Gasteiger partial charge is 0.324 e. The maximum absolute atomic E-state index is 6.23. The van der Waals surface area contributed by atoms with Crippen molar-refractivity contribution in [1.29, 1.82) is 0 Å². The zero-order valence-corrected chi connectivity index (χ0v) is 11.1. The summed E-state index contributed by atoms with van der Waals surface area (Å²) in [6.07, 6.45) is 4.52. The maximum Gasteiger partial charge on any atom is 0.0660 e. The summed E-state index contributed by atoms with van der Waals surface area (Å²) in [6, 6.07) is 7.94. The molecule has 0 saturated heterocycles. The second kappa shape index (κ2) is 4.41. The smallest absolute Gasteiger partial charge is 0.0660 e. The Kier molecular flexibility index (Phi) is 2.88. The SMILES string of the molecule is CC(N)c1ccc(-n2ccc(C3CC3)n2)cc1Cl. The molecule has 0 spiro atoms. The van der Waals surface area contributed by atoms with Gasteiger partial charge in [-0.25, -0.2) is 4.68 Å². The van der Waals surface area contributed by atoms with Gasteiger partial charge in [0, 0.05) is 23.2 Å². The molecule has 0 aliphatic heterocycles. The number of rotatable bonds is 3. The Morgan fingerprint density at radius 3 is 2.78 bits per heavy atom. The van der Waals surface area contributed by atoms with Gasteiger partial charge in [-0.2, -0.15) is 5.10 Å². The molecule has 1 fully saturated rings. The number of halogens is 1. The van der Waals surface area contributed by atoms with Crippen molar-refractivity contribution in [3.8, 4) is 5.69 Å². The van der Waals surface area contributed by atoms with Crippen LogP contribution >= 0.6 is 11.6 Å². The van der Waals surface area contributed by atoms with Crippen molar-refractivity contribution in [2.75, 3.05) is 0 Å². The van der Waals surface area contributed by atoms with Gasteiger partial charge in [0.15, 0.2) is 0 Å². The summed E-state index contributed by atoms with van der Waals surface area (Å²) in [5.74, 6) is 0.671. The van der Waals surface area contributed by atoms with Crippen LogP contribution in [-0.2, 0) is 0 Å². The Labute approximate surface area is 112 Å². The Balaban J connectivity index is 1.93. The van der Waals surface area contributed by atoms with Crippen LogP contribution in [0.25, 0.3) is 5.69 Å². The van der Waals surface area contributed by atoms with E-state index in [2.05, 4.69) is 11.2 Å². The molecule has 0 radical (unpaired) electrons. The monoisotopic (exact) mass is 261 g/mol. The van der Waals surface area contributed by atoms with Gasteiger partial charge < -0.3 is 5.73 Å². The Morgan fingerprint density at radius 2 is 2.17 bits per heavy atom. The second-order valence-corrected chi connectivity index (χ2v) is 5.36. The van der Waals surface area contributed by atoms with Crippen LogP contribution < -0.4 is 5.73 Å². The average Bonchev–Trinajstić information content (AvgIpc) is 3.06. The van der Waals surface area contributed by atoms with Gasteiger partial charge in [0.1, 0.15) is 0 Å². The predicted molar refractivity (Wildman–Crippen MR) is 73.2 cm³/mol. The van der Waals surface area contributed by atoms with Crippen LogP contribution in [0.4, 0.5) is 0 Å². The highest BCUT2D eigenvalue weighted by molar-refractivity contribution is 6.31. The molecule has 1 aromatic carbocycles. The Bertz CT molecular complexity index is 570. The van der Waals surface area contributed by atoms with E-state index in [4.69, 9.17) is 17.3 Å². The lowest BCUT2D eigenvalue weighted by Gasteiger charge is -2.10. The summed E-state index contributed by atoms with van der Waals surface area (Å²) in [5.41, 5.74) is 8.98. The summed E-state index contributed by atoms with van der Waals surface area (Å²) >= 11 is 6.23. The lowest BCUT2D eigenvalue weighted by atomic mass is 10.1. The van der Waals surface area contributed by atoms with Crippen LogP contribution in [-0.4, -0.2) is 9.78 Å². The number of nitrogens with two attached hydrogens (primary N) is 1. The Morgan fingerprint density at radius 1 is 1.39 bits per heavy atom. The maximum atomic E-state index is 6.23. The van der Waals surface area contributed by atoms with Crippen molar-refractivity contribution < 1.29 is 0 Å². The molecule has 0 amide bonds. The van der Waals surface area contributed by atoms with E-state index < -0.39 is 0 Å². The fraction of sp³-hybridized carbons (Fsp3) is 0.357. The molecule has 0 bridgehead atoms. The van der Waals surface area contributed by atoms with Gasteiger partial charge in [-0.15, -0.1) is 0 Å². The fourth-order valence-corrected chi connectivity index (χ4v) is 2.45. The highest BCUT2D eigenvalue weighted by Gasteiger charge is 2.25. The van der Waals surface area contributed by atoms with E-state index in [9.17, 15) is 0 Å². The molecular formula is C14H16ClN3. The van der Waals surface area contributed by atoms with E-state index in [1.54, 1.807) is 0 Å². The van der Waals surface area contributed by atoms with Crippen molar-refractivity contribution >= 4 is 11.6 Å². The van der Waals surface area contributed by atoms with Crippen molar-refractivity contribution in [2.45, 2.75) is 31.7 Å². The predicted octanol–water partition coefficient (Wildman–Crippen LogP) is 3.42. The van der Waals surface area contributed by atoms with Gasteiger partial charge >= 0.3 is 0 Å². The molecule has 3 nitrogen and oxygen atoms in total. The minimum absolute atomic E-state index is 0.0498.